The van der Waals surface area contributed by atoms with E-state index in [9.17, 15) is 4.79 Å². The third kappa shape index (κ3) is 6.02. The topological polar surface area (TPSA) is 69.0 Å². The van der Waals surface area contributed by atoms with Crippen molar-refractivity contribution < 1.29 is 9.53 Å². The van der Waals surface area contributed by atoms with Crippen molar-refractivity contribution in [1.82, 2.24) is 14.8 Å². The second-order valence-corrected chi connectivity index (χ2v) is 9.07. The monoisotopic (exact) mass is 458 g/mol. The lowest BCUT2D eigenvalue weighted by atomic mass is 10.1. The normalized spacial score (nSPS) is 11.1. The van der Waals surface area contributed by atoms with Gasteiger partial charge in [0.05, 0.1) is 5.75 Å². The summed E-state index contributed by atoms with van der Waals surface area (Å²) in [6.45, 7) is 10.4. The summed E-state index contributed by atoms with van der Waals surface area (Å²) >= 11 is 7.48. The number of anilines is 1. The maximum Gasteiger partial charge on any atom is 0.234 e. The maximum atomic E-state index is 12.4. The van der Waals surface area contributed by atoms with E-state index >= 15 is 0 Å². The van der Waals surface area contributed by atoms with Crippen molar-refractivity contribution in [2.45, 2.75) is 52.4 Å². The second-order valence-electron chi connectivity index (χ2n) is 7.72. The number of nitrogens with zero attached hydrogens (tertiary/aromatic N) is 3. The summed E-state index contributed by atoms with van der Waals surface area (Å²) in [6, 6.07) is 11.7. The number of aromatic nitrogens is 3. The zero-order valence-electron chi connectivity index (χ0n) is 18.4. The van der Waals surface area contributed by atoms with Crippen LogP contribution in [-0.4, -0.2) is 26.4 Å². The van der Waals surface area contributed by atoms with Crippen molar-refractivity contribution in [2.24, 2.45) is 0 Å². The van der Waals surface area contributed by atoms with Gasteiger partial charge in [0.2, 0.25) is 5.91 Å². The number of hydrogen-bond donors (Lipinski definition) is 1. The van der Waals surface area contributed by atoms with Gasteiger partial charge in [-0.15, -0.1) is 10.2 Å². The Balaban J connectivity index is 1.65. The highest BCUT2D eigenvalue weighted by molar-refractivity contribution is 7.99. The van der Waals surface area contributed by atoms with Crippen LogP contribution in [-0.2, 0) is 11.4 Å². The largest absolute Gasteiger partial charge is 0.485 e. The Morgan fingerprint density at radius 3 is 2.58 bits per heavy atom. The predicted molar refractivity (Wildman–Crippen MR) is 126 cm³/mol. The molecule has 164 valence electrons. The summed E-state index contributed by atoms with van der Waals surface area (Å²) in [5, 5.41) is 12.8. The summed E-state index contributed by atoms with van der Waals surface area (Å²) in [5.74, 6) is 1.65. The molecule has 1 N–H and O–H groups in total. The molecule has 0 radical (unpaired) electrons. The number of thioether (sulfide) groups is 1. The van der Waals surface area contributed by atoms with Crippen LogP contribution in [0.1, 0.15) is 42.4 Å². The number of halogens is 1. The van der Waals surface area contributed by atoms with E-state index < -0.39 is 0 Å². The average molecular weight is 459 g/mol. The van der Waals surface area contributed by atoms with Gasteiger partial charge in [0.25, 0.3) is 0 Å². The summed E-state index contributed by atoms with van der Waals surface area (Å²) in [7, 11) is 0. The minimum atomic E-state index is -0.128. The van der Waals surface area contributed by atoms with Crippen molar-refractivity contribution >= 4 is 35.0 Å². The minimum absolute atomic E-state index is 0.128. The van der Waals surface area contributed by atoms with E-state index in [1.165, 1.54) is 11.8 Å². The van der Waals surface area contributed by atoms with E-state index in [-0.39, 0.29) is 17.7 Å². The molecule has 3 aromatic rings. The number of amides is 1. The van der Waals surface area contributed by atoms with Gasteiger partial charge in [0.1, 0.15) is 12.4 Å². The molecule has 1 amide bonds. The van der Waals surface area contributed by atoms with E-state index in [0.29, 0.717) is 22.5 Å². The van der Waals surface area contributed by atoms with E-state index in [4.69, 9.17) is 16.3 Å². The quantitative estimate of drug-likeness (QED) is 0.435. The Kier molecular flexibility index (Phi) is 7.62. The smallest absolute Gasteiger partial charge is 0.234 e. The van der Waals surface area contributed by atoms with Crippen molar-refractivity contribution in [1.29, 1.82) is 0 Å². The summed E-state index contributed by atoms with van der Waals surface area (Å²) in [4.78, 5) is 12.4. The van der Waals surface area contributed by atoms with Gasteiger partial charge in [0, 0.05) is 16.8 Å². The van der Waals surface area contributed by atoms with Gasteiger partial charge in [-0.2, -0.15) is 0 Å². The Labute approximate surface area is 192 Å². The van der Waals surface area contributed by atoms with Gasteiger partial charge in [-0.1, -0.05) is 41.6 Å². The molecule has 3 rings (SSSR count). The van der Waals surface area contributed by atoms with Crippen LogP contribution in [0.3, 0.4) is 0 Å². The van der Waals surface area contributed by atoms with E-state index in [1.54, 1.807) is 6.07 Å². The van der Waals surface area contributed by atoms with E-state index in [0.717, 1.165) is 28.3 Å². The fourth-order valence-corrected chi connectivity index (χ4v) is 4.09. The maximum absolute atomic E-state index is 12.4. The molecule has 0 fully saturated rings. The molecule has 0 unspecified atom stereocenters. The van der Waals surface area contributed by atoms with Gasteiger partial charge in [-0.05, 0) is 69.5 Å². The molecule has 1 heterocycles. The molecule has 0 saturated carbocycles. The van der Waals surface area contributed by atoms with Crippen LogP contribution in [0.2, 0.25) is 5.02 Å². The molecule has 0 aliphatic heterocycles. The first-order valence-corrected chi connectivity index (χ1v) is 11.4. The molecule has 0 bridgehead atoms. The molecular weight excluding hydrogens is 432 g/mol. The van der Waals surface area contributed by atoms with E-state index in [2.05, 4.69) is 35.4 Å². The highest BCUT2D eigenvalue weighted by Crippen LogP contribution is 2.25. The number of nitrogens with one attached hydrogen (secondary N) is 1. The van der Waals surface area contributed by atoms with Crippen LogP contribution in [0.4, 0.5) is 5.69 Å². The molecule has 0 atom stereocenters. The van der Waals surface area contributed by atoms with Gasteiger partial charge in [-0.25, -0.2) is 0 Å². The first-order valence-electron chi connectivity index (χ1n) is 10.1. The fourth-order valence-electron chi connectivity index (χ4n) is 3.03. The number of carbonyl (C=O) groups excluding carboxylic acids is 1. The third-order valence-corrected chi connectivity index (χ3v) is 6.09. The van der Waals surface area contributed by atoms with Gasteiger partial charge in [-0.3, -0.25) is 4.79 Å². The zero-order chi connectivity index (χ0) is 22.5. The van der Waals surface area contributed by atoms with Crippen molar-refractivity contribution in [2.75, 3.05) is 11.1 Å². The lowest BCUT2D eigenvalue weighted by Crippen LogP contribution is -2.15. The van der Waals surface area contributed by atoms with Crippen LogP contribution >= 0.6 is 23.4 Å². The fraction of sp³-hybridized carbons (Fsp3) is 0.348. The van der Waals surface area contributed by atoms with Crippen molar-refractivity contribution in [3.05, 3.63) is 63.9 Å². The van der Waals surface area contributed by atoms with Gasteiger partial charge in [0.15, 0.2) is 11.0 Å². The van der Waals surface area contributed by atoms with Crippen LogP contribution in [0, 0.1) is 20.8 Å². The standard InChI is InChI=1S/C23H27ClN4O2S/c1-14(2)28-21(12-30-20-10-15(3)6-7-17(20)5)26-27-23(28)31-13-22(29)25-18-9-8-16(4)19(24)11-18/h6-11,14H,12-13H2,1-5H3,(H,25,29). The van der Waals surface area contributed by atoms with Crippen molar-refractivity contribution in [3.63, 3.8) is 0 Å². The molecule has 2 aromatic carbocycles. The summed E-state index contributed by atoms with van der Waals surface area (Å²) in [6.07, 6.45) is 0. The SMILES string of the molecule is Cc1ccc(C)c(OCc2nnc(SCC(=O)Nc3ccc(C)c(Cl)c3)n2C(C)C)c1. The number of carbonyl (C=O) groups is 1. The Morgan fingerprint density at radius 1 is 1.13 bits per heavy atom. The number of hydrogen-bond acceptors (Lipinski definition) is 5. The molecule has 31 heavy (non-hydrogen) atoms. The molecule has 0 saturated heterocycles. The first kappa shape index (κ1) is 23.2. The predicted octanol–water partition coefficient (Wildman–Crippen LogP) is 5.75. The molecular formula is C23H27ClN4O2S. The van der Waals surface area contributed by atoms with Crippen LogP contribution in [0.25, 0.3) is 0 Å². The highest BCUT2D eigenvalue weighted by atomic mass is 35.5. The zero-order valence-corrected chi connectivity index (χ0v) is 20.0. The van der Waals surface area contributed by atoms with Gasteiger partial charge < -0.3 is 14.6 Å². The Hall–Kier alpha value is -2.51. The molecule has 0 aliphatic carbocycles. The van der Waals surface area contributed by atoms with Gasteiger partial charge >= 0.3 is 0 Å². The molecule has 6 nitrogen and oxygen atoms in total. The van der Waals surface area contributed by atoms with Crippen LogP contribution in [0.15, 0.2) is 41.6 Å². The van der Waals surface area contributed by atoms with Crippen LogP contribution in [0.5, 0.6) is 5.75 Å². The summed E-state index contributed by atoms with van der Waals surface area (Å²) in [5.41, 5.74) is 3.86. The number of rotatable bonds is 8. The van der Waals surface area contributed by atoms with E-state index in [1.807, 2.05) is 49.6 Å². The average Bonchev–Trinajstić information content (AvgIpc) is 3.13. The lowest BCUT2D eigenvalue weighted by Gasteiger charge is -2.15. The summed E-state index contributed by atoms with van der Waals surface area (Å²) < 4.78 is 8.01. The second kappa shape index (κ2) is 10.2. The van der Waals surface area contributed by atoms with Crippen LogP contribution < -0.4 is 10.1 Å². The first-order chi connectivity index (χ1) is 14.7. The number of ether oxygens (including phenoxy) is 1. The number of benzene rings is 2. The number of aryl methyl sites for hydroxylation is 3. The molecule has 8 heteroatoms. The van der Waals surface area contributed by atoms with Crippen molar-refractivity contribution in [3.8, 4) is 5.75 Å². The highest BCUT2D eigenvalue weighted by Gasteiger charge is 2.17. The lowest BCUT2D eigenvalue weighted by molar-refractivity contribution is -0.113. The molecule has 0 aliphatic rings. The Bertz CT molecular complexity index is 1080. The molecule has 0 spiro atoms. The molecule has 1 aromatic heterocycles. The minimum Gasteiger partial charge on any atom is -0.485 e. The Morgan fingerprint density at radius 2 is 1.87 bits per heavy atom. The third-order valence-electron chi connectivity index (χ3n) is 4.74.